The third-order valence-electron chi connectivity index (χ3n) is 3.57. The minimum absolute atomic E-state index is 0.00118. The van der Waals surface area contributed by atoms with Gasteiger partial charge in [-0.15, -0.1) is 0 Å². The van der Waals surface area contributed by atoms with Gasteiger partial charge in [0, 0.05) is 18.4 Å². The fraction of sp³-hybridized carbons (Fsp3) is 0.857. The standard InChI is InChI=1S/C14H26N2O3/c1-13(2,3)12(19)15-9-4-6-11(18)16-14(10-17)7-5-8-14/h17H,4-10H2,1-3H3,(H,15,19)(H,16,18). The molecule has 0 aromatic heterocycles. The maximum Gasteiger partial charge on any atom is 0.225 e. The largest absolute Gasteiger partial charge is 0.394 e. The molecule has 19 heavy (non-hydrogen) atoms. The normalized spacial score (nSPS) is 17.5. The van der Waals surface area contributed by atoms with Crippen molar-refractivity contribution in [1.29, 1.82) is 0 Å². The van der Waals surface area contributed by atoms with Gasteiger partial charge in [0.2, 0.25) is 11.8 Å². The molecular formula is C14H26N2O3. The van der Waals surface area contributed by atoms with Crippen LogP contribution in [-0.2, 0) is 9.59 Å². The number of carbonyl (C=O) groups is 2. The molecule has 1 aliphatic carbocycles. The Morgan fingerprint density at radius 3 is 2.32 bits per heavy atom. The molecule has 0 aliphatic heterocycles. The Kier molecular flexibility index (Phi) is 5.35. The van der Waals surface area contributed by atoms with E-state index in [0.717, 1.165) is 19.3 Å². The Bertz CT molecular complexity index is 325. The molecule has 0 bridgehead atoms. The van der Waals surface area contributed by atoms with Crippen molar-refractivity contribution in [2.24, 2.45) is 5.41 Å². The molecule has 0 heterocycles. The number of hydrogen-bond acceptors (Lipinski definition) is 3. The van der Waals surface area contributed by atoms with Gasteiger partial charge < -0.3 is 15.7 Å². The average Bonchev–Trinajstić information content (AvgIpc) is 2.28. The number of carbonyl (C=O) groups excluding carboxylic acids is 2. The minimum atomic E-state index is -0.394. The van der Waals surface area contributed by atoms with E-state index in [-0.39, 0.29) is 24.0 Å². The molecule has 0 aromatic carbocycles. The summed E-state index contributed by atoms with van der Waals surface area (Å²) in [5, 5.41) is 15.0. The van der Waals surface area contributed by atoms with Crippen LogP contribution < -0.4 is 10.6 Å². The second-order valence-corrected chi connectivity index (χ2v) is 6.45. The van der Waals surface area contributed by atoms with Crippen molar-refractivity contribution in [2.45, 2.75) is 58.4 Å². The predicted molar refractivity (Wildman–Crippen MR) is 73.5 cm³/mol. The molecule has 0 saturated heterocycles. The predicted octanol–water partition coefficient (Wildman–Crippen LogP) is 0.960. The molecule has 1 fully saturated rings. The maximum absolute atomic E-state index is 11.7. The lowest BCUT2D eigenvalue weighted by Gasteiger charge is -2.41. The van der Waals surface area contributed by atoms with Gasteiger partial charge in [0.1, 0.15) is 0 Å². The molecule has 0 spiro atoms. The van der Waals surface area contributed by atoms with Crippen molar-refractivity contribution in [3.8, 4) is 0 Å². The topological polar surface area (TPSA) is 78.4 Å². The van der Waals surface area contributed by atoms with Crippen LogP contribution in [-0.4, -0.2) is 35.6 Å². The van der Waals surface area contributed by atoms with Crippen LogP contribution in [0.15, 0.2) is 0 Å². The molecule has 5 heteroatoms. The van der Waals surface area contributed by atoms with Crippen molar-refractivity contribution in [2.75, 3.05) is 13.2 Å². The van der Waals surface area contributed by atoms with Gasteiger partial charge in [-0.1, -0.05) is 20.8 Å². The Morgan fingerprint density at radius 1 is 1.26 bits per heavy atom. The number of hydrogen-bond donors (Lipinski definition) is 3. The maximum atomic E-state index is 11.7. The highest BCUT2D eigenvalue weighted by atomic mass is 16.3. The van der Waals surface area contributed by atoms with Crippen molar-refractivity contribution >= 4 is 11.8 Å². The summed E-state index contributed by atoms with van der Waals surface area (Å²) in [6.07, 6.45) is 3.77. The lowest BCUT2D eigenvalue weighted by atomic mass is 9.77. The van der Waals surface area contributed by atoms with Crippen molar-refractivity contribution < 1.29 is 14.7 Å². The van der Waals surface area contributed by atoms with E-state index in [9.17, 15) is 14.7 Å². The highest BCUT2D eigenvalue weighted by Gasteiger charge is 2.37. The van der Waals surface area contributed by atoms with Crippen LogP contribution >= 0.6 is 0 Å². The van der Waals surface area contributed by atoms with E-state index < -0.39 is 5.41 Å². The van der Waals surface area contributed by atoms with E-state index in [1.807, 2.05) is 20.8 Å². The number of amides is 2. The number of aliphatic hydroxyl groups excluding tert-OH is 1. The van der Waals surface area contributed by atoms with Gasteiger partial charge in [-0.3, -0.25) is 9.59 Å². The second kappa shape index (κ2) is 6.37. The van der Waals surface area contributed by atoms with Gasteiger partial charge in [-0.2, -0.15) is 0 Å². The molecule has 3 N–H and O–H groups in total. The summed E-state index contributed by atoms with van der Waals surface area (Å²) in [6.45, 7) is 6.10. The lowest BCUT2D eigenvalue weighted by Crippen LogP contribution is -2.56. The SMILES string of the molecule is CC(C)(C)C(=O)NCCCC(=O)NC1(CO)CCC1. The van der Waals surface area contributed by atoms with E-state index in [2.05, 4.69) is 10.6 Å². The third-order valence-corrected chi connectivity index (χ3v) is 3.57. The zero-order chi connectivity index (χ0) is 14.5. The molecule has 0 radical (unpaired) electrons. The summed E-state index contributed by atoms with van der Waals surface area (Å²) < 4.78 is 0. The Balaban J connectivity index is 2.16. The Labute approximate surface area is 115 Å². The fourth-order valence-corrected chi connectivity index (χ4v) is 2.00. The van der Waals surface area contributed by atoms with Gasteiger partial charge in [0.25, 0.3) is 0 Å². The summed E-state index contributed by atoms with van der Waals surface area (Å²) in [4.78, 5) is 23.3. The fourth-order valence-electron chi connectivity index (χ4n) is 2.00. The van der Waals surface area contributed by atoms with Crippen molar-refractivity contribution in [1.82, 2.24) is 10.6 Å². The first-order valence-electron chi connectivity index (χ1n) is 6.99. The second-order valence-electron chi connectivity index (χ2n) is 6.45. The van der Waals surface area contributed by atoms with E-state index in [0.29, 0.717) is 19.4 Å². The minimum Gasteiger partial charge on any atom is -0.394 e. The summed E-state index contributed by atoms with van der Waals surface area (Å²) in [7, 11) is 0. The summed E-state index contributed by atoms with van der Waals surface area (Å²) in [5.74, 6) is -0.0440. The molecule has 1 aliphatic rings. The molecule has 1 rings (SSSR count). The Morgan fingerprint density at radius 2 is 1.89 bits per heavy atom. The van der Waals surface area contributed by atoms with Crippen LogP contribution in [0.25, 0.3) is 0 Å². The summed E-state index contributed by atoms with van der Waals surface area (Å²) >= 11 is 0. The molecule has 0 aromatic rings. The van der Waals surface area contributed by atoms with Gasteiger partial charge in [-0.05, 0) is 25.7 Å². The first kappa shape index (κ1) is 16.0. The van der Waals surface area contributed by atoms with Gasteiger partial charge in [0.15, 0.2) is 0 Å². The van der Waals surface area contributed by atoms with Crippen molar-refractivity contribution in [3.63, 3.8) is 0 Å². The van der Waals surface area contributed by atoms with E-state index in [1.54, 1.807) is 0 Å². The number of rotatable bonds is 6. The van der Waals surface area contributed by atoms with E-state index in [4.69, 9.17) is 0 Å². The molecule has 1 saturated carbocycles. The number of nitrogens with one attached hydrogen (secondary N) is 2. The van der Waals surface area contributed by atoms with Gasteiger partial charge in [0.05, 0.1) is 12.1 Å². The first-order valence-corrected chi connectivity index (χ1v) is 6.99. The highest BCUT2D eigenvalue weighted by Crippen LogP contribution is 2.31. The van der Waals surface area contributed by atoms with Crippen LogP contribution in [0.1, 0.15) is 52.9 Å². The van der Waals surface area contributed by atoms with E-state index in [1.165, 1.54) is 0 Å². The highest BCUT2D eigenvalue weighted by molar-refractivity contribution is 5.81. The van der Waals surface area contributed by atoms with Crippen molar-refractivity contribution in [3.05, 3.63) is 0 Å². The average molecular weight is 270 g/mol. The first-order chi connectivity index (χ1) is 8.79. The van der Waals surface area contributed by atoms with Crippen LogP contribution in [0.5, 0.6) is 0 Å². The molecule has 5 nitrogen and oxygen atoms in total. The quantitative estimate of drug-likeness (QED) is 0.629. The van der Waals surface area contributed by atoms with E-state index >= 15 is 0 Å². The van der Waals surface area contributed by atoms with Crippen LogP contribution in [0, 0.1) is 5.41 Å². The molecule has 110 valence electrons. The zero-order valence-electron chi connectivity index (χ0n) is 12.2. The Hall–Kier alpha value is -1.10. The van der Waals surface area contributed by atoms with Crippen LogP contribution in [0.2, 0.25) is 0 Å². The molecule has 2 amide bonds. The monoisotopic (exact) mass is 270 g/mol. The zero-order valence-corrected chi connectivity index (χ0v) is 12.2. The van der Waals surface area contributed by atoms with Gasteiger partial charge in [-0.25, -0.2) is 0 Å². The molecule has 0 atom stereocenters. The van der Waals surface area contributed by atoms with Crippen LogP contribution in [0.4, 0.5) is 0 Å². The molecular weight excluding hydrogens is 244 g/mol. The number of aliphatic hydroxyl groups is 1. The van der Waals surface area contributed by atoms with Gasteiger partial charge >= 0.3 is 0 Å². The van der Waals surface area contributed by atoms with Crippen LogP contribution in [0.3, 0.4) is 0 Å². The third kappa shape index (κ3) is 4.82. The molecule has 0 unspecified atom stereocenters. The summed E-state index contributed by atoms with van der Waals surface area (Å²) in [6, 6.07) is 0. The smallest absolute Gasteiger partial charge is 0.225 e. The summed E-state index contributed by atoms with van der Waals surface area (Å²) in [5.41, 5.74) is -0.763. The lowest BCUT2D eigenvalue weighted by molar-refractivity contribution is -0.129.